The molecule has 0 radical (unpaired) electrons. The number of esters is 1. The Hall–Kier alpha value is -6.28. The van der Waals surface area contributed by atoms with Gasteiger partial charge < -0.3 is 14.2 Å². The Balaban J connectivity index is 1.48. The number of benzene rings is 5. The molecule has 4 atom stereocenters. The maximum Gasteiger partial charge on any atom is 0.308 e. The molecule has 8 heteroatoms. The number of ketones is 1. The van der Waals surface area contributed by atoms with Crippen LogP contribution < -0.4 is 19.1 Å². The quantitative estimate of drug-likeness (QED) is 0.101. The van der Waals surface area contributed by atoms with Crippen molar-refractivity contribution in [2.75, 3.05) is 19.1 Å². The van der Waals surface area contributed by atoms with Crippen LogP contribution in [0.3, 0.4) is 0 Å². The fourth-order valence-corrected chi connectivity index (χ4v) is 8.72. The van der Waals surface area contributed by atoms with Crippen LogP contribution >= 0.6 is 0 Å². The van der Waals surface area contributed by atoms with E-state index in [4.69, 9.17) is 14.2 Å². The first-order valence-corrected chi connectivity index (χ1v) is 16.6. The number of imide groups is 1. The fraction of sp³-hybridized carbons (Fsp3) is 0.163. The van der Waals surface area contributed by atoms with E-state index >= 15 is 14.4 Å². The molecule has 1 saturated carbocycles. The highest BCUT2D eigenvalue weighted by molar-refractivity contribution is 6.39. The van der Waals surface area contributed by atoms with E-state index in [-0.39, 0.29) is 11.5 Å². The lowest BCUT2D eigenvalue weighted by Gasteiger charge is -2.39. The van der Waals surface area contributed by atoms with Gasteiger partial charge in [0.15, 0.2) is 5.78 Å². The number of carbonyl (C=O) groups is 4. The molecule has 0 unspecified atom stereocenters. The van der Waals surface area contributed by atoms with E-state index in [0.717, 1.165) is 11.1 Å². The molecule has 252 valence electrons. The SMILES string of the molecule is COc1ccc(C2=C(c3ccc(OC)cc3)[C@@]3(c4ccccc4)C(=O)[C@@]2(c2ccccc2)[C@@H]2C(=O)N(c4ccc(OC(C)=O)cc4)C(=O)[C@@H]23)cc1. The highest BCUT2D eigenvalue weighted by Gasteiger charge is 2.82. The highest BCUT2D eigenvalue weighted by Crippen LogP contribution is 2.74. The standard InChI is InChI=1S/C43H33NO7/c1-26(45)51-34-24-18-31(19-25-34)44-39(46)37-38(40(44)47)43(30-12-8-5-9-13-30)36(28-16-22-33(50-3)23-17-28)35(27-14-20-32(49-2)21-15-27)42(37,41(43)48)29-10-6-4-7-11-29/h4-25,37-38H,1-3H3/t37-,38+,42-,43-/m1/s1. The van der Waals surface area contributed by atoms with Gasteiger partial charge in [0, 0.05) is 6.92 Å². The Morgan fingerprint density at radius 2 is 0.941 bits per heavy atom. The maximum atomic E-state index is 16.1. The van der Waals surface area contributed by atoms with E-state index in [1.54, 1.807) is 38.5 Å². The average Bonchev–Trinajstić information content (AvgIpc) is 3.68. The number of fused-ring (bicyclic) bond motifs is 5. The first kappa shape index (κ1) is 32.0. The van der Waals surface area contributed by atoms with Gasteiger partial charge in [-0.3, -0.25) is 19.2 Å². The summed E-state index contributed by atoms with van der Waals surface area (Å²) in [6.45, 7) is 1.30. The van der Waals surface area contributed by atoms with Crippen molar-refractivity contribution in [1.82, 2.24) is 0 Å². The van der Waals surface area contributed by atoms with Crippen LogP contribution in [-0.2, 0) is 30.0 Å². The second kappa shape index (κ2) is 11.9. The molecular weight excluding hydrogens is 642 g/mol. The van der Waals surface area contributed by atoms with Gasteiger partial charge in [-0.25, -0.2) is 4.90 Å². The molecule has 0 aromatic heterocycles. The van der Waals surface area contributed by atoms with Crippen LogP contribution in [0.25, 0.3) is 11.1 Å². The lowest BCUT2D eigenvalue weighted by molar-refractivity contribution is -0.132. The van der Waals surface area contributed by atoms with E-state index < -0.39 is 40.4 Å². The van der Waals surface area contributed by atoms with Crippen LogP contribution in [0.1, 0.15) is 29.2 Å². The summed E-state index contributed by atoms with van der Waals surface area (Å²) in [5.41, 5.74) is 1.30. The number of allylic oxidation sites excluding steroid dienone is 2. The first-order valence-electron chi connectivity index (χ1n) is 16.6. The summed E-state index contributed by atoms with van der Waals surface area (Å²) in [7, 11) is 3.18. The highest BCUT2D eigenvalue weighted by atomic mass is 16.5. The molecule has 1 heterocycles. The Kier molecular flexibility index (Phi) is 7.49. The molecule has 0 spiro atoms. The fourth-order valence-electron chi connectivity index (χ4n) is 8.72. The van der Waals surface area contributed by atoms with Crippen LogP contribution in [-0.4, -0.2) is 37.8 Å². The van der Waals surface area contributed by atoms with Gasteiger partial charge >= 0.3 is 5.97 Å². The number of methoxy groups -OCH3 is 2. The molecule has 1 saturated heterocycles. The number of hydrogen-bond acceptors (Lipinski definition) is 7. The molecule has 2 fully saturated rings. The summed E-state index contributed by atoms with van der Waals surface area (Å²) < 4.78 is 16.3. The van der Waals surface area contributed by atoms with E-state index in [1.165, 1.54) is 11.8 Å². The van der Waals surface area contributed by atoms with Crippen LogP contribution in [0.2, 0.25) is 0 Å². The minimum atomic E-state index is -1.55. The Bertz CT molecular complexity index is 2100. The number of Topliss-reactive ketones (excluding diaryl/α,β-unsaturated/α-hetero) is 1. The lowest BCUT2D eigenvalue weighted by atomic mass is 9.59. The van der Waals surface area contributed by atoms with Crippen LogP contribution in [0.5, 0.6) is 17.2 Å². The summed E-state index contributed by atoms with van der Waals surface area (Å²) in [5.74, 6) is -2.24. The minimum Gasteiger partial charge on any atom is -0.497 e. The molecule has 51 heavy (non-hydrogen) atoms. The van der Waals surface area contributed by atoms with Crippen LogP contribution in [0.4, 0.5) is 5.69 Å². The summed E-state index contributed by atoms with van der Waals surface area (Å²) in [6.07, 6.45) is 0. The van der Waals surface area contributed by atoms with Crippen molar-refractivity contribution in [2.45, 2.75) is 17.8 Å². The van der Waals surface area contributed by atoms with Gasteiger partial charge in [0.1, 0.15) is 17.2 Å². The van der Waals surface area contributed by atoms with Crippen LogP contribution in [0, 0.1) is 11.8 Å². The zero-order chi connectivity index (χ0) is 35.5. The topological polar surface area (TPSA) is 99.2 Å². The summed E-state index contributed by atoms with van der Waals surface area (Å²) >= 11 is 0. The van der Waals surface area contributed by atoms with Gasteiger partial charge in [0.2, 0.25) is 11.8 Å². The number of nitrogens with zero attached hydrogens (tertiary/aromatic N) is 1. The monoisotopic (exact) mass is 675 g/mol. The van der Waals surface area contributed by atoms with Gasteiger partial charge in [-0.2, -0.15) is 0 Å². The lowest BCUT2D eigenvalue weighted by Crippen LogP contribution is -2.45. The number of ether oxygens (including phenoxy) is 3. The van der Waals surface area contributed by atoms with Crippen molar-refractivity contribution < 1.29 is 33.4 Å². The third-order valence-corrected chi connectivity index (χ3v) is 10.6. The molecule has 8 nitrogen and oxygen atoms in total. The van der Waals surface area contributed by atoms with Gasteiger partial charge in [-0.1, -0.05) is 84.9 Å². The van der Waals surface area contributed by atoms with Gasteiger partial charge in [0.25, 0.3) is 0 Å². The van der Waals surface area contributed by atoms with E-state index in [2.05, 4.69) is 0 Å². The molecule has 2 aliphatic carbocycles. The van der Waals surface area contributed by atoms with Crippen molar-refractivity contribution in [3.63, 3.8) is 0 Å². The normalized spacial score (nSPS) is 23.4. The molecule has 8 rings (SSSR count). The Labute approximate surface area is 294 Å². The van der Waals surface area contributed by atoms with Gasteiger partial charge in [-0.05, 0) is 81.9 Å². The third-order valence-electron chi connectivity index (χ3n) is 10.6. The zero-order valence-corrected chi connectivity index (χ0v) is 28.2. The summed E-state index contributed by atoms with van der Waals surface area (Å²) in [5, 5.41) is 0. The zero-order valence-electron chi connectivity index (χ0n) is 28.2. The molecule has 5 aromatic rings. The average molecular weight is 676 g/mol. The molecule has 5 aromatic carbocycles. The van der Waals surface area contributed by atoms with Crippen molar-refractivity contribution in [3.05, 3.63) is 156 Å². The first-order chi connectivity index (χ1) is 24.8. The van der Waals surface area contributed by atoms with E-state index in [9.17, 15) is 4.79 Å². The van der Waals surface area contributed by atoms with Gasteiger partial charge in [-0.15, -0.1) is 0 Å². The molecular formula is C43H33NO7. The second-order valence-electron chi connectivity index (χ2n) is 12.9. The van der Waals surface area contributed by atoms with Crippen LogP contribution in [0.15, 0.2) is 133 Å². The van der Waals surface area contributed by atoms with Gasteiger partial charge in [0.05, 0.1) is 42.6 Å². The predicted molar refractivity (Wildman–Crippen MR) is 191 cm³/mol. The second-order valence-corrected chi connectivity index (χ2v) is 12.9. The number of carbonyl (C=O) groups excluding carboxylic acids is 4. The summed E-state index contributed by atoms with van der Waals surface area (Å²) in [6, 6.07) is 40.0. The van der Waals surface area contributed by atoms with Crippen molar-refractivity contribution in [1.29, 1.82) is 0 Å². The Morgan fingerprint density at radius 1 is 0.549 bits per heavy atom. The molecule has 3 aliphatic rings. The number of anilines is 1. The largest absolute Gasteiger partial charge is 0.497 e. The predicted octanol–water partition coefficient (Wildman–Crippen LogP) is 6.82. The molecule has 2 amide bonds. The van der Waals surface area contributed by atoms with Crippen molar-refractivity contribution in [3.8, 4) is 17.2 Å². The molecule has 1 aliphatic heterocycles. The number of rotatable bonds is 8. The molecule has 0 N–H and O–H groups in total. The third kappa shape index (κ3) is 4.39. The Morgan fingerprint density at radius 3 is 1.31 bits per heavy atom. The smallest absolute Gasteiger partial charge is 0.308 e. The number of hydrogen-bond donors (Lipinski definition) is 0. The van der Waals surface area contributed by atoms with Crippen molar-refractivity contribution in [2.24, 2.45) is 11.8 Å². The molecule has 2 bridgehead atoms. The minimum absolute atomic E-state index is 0.217. The maximum absolute atomic E-state index is 16.1. The van der Waals surface area contributed by atoms with E-state index in [0.29, 0.717) is 39.5 Å². The summed E-state index contributed by atoms with van der Waals surface area (Å²) in [4.78, 5) is 59.2. The number of amides is 2. The van der Waals surface area contributed by atoms with E-state index in [1.807, 2.05) is 109 Å². The van der Waals surface area contributed by atoms with Crippen molar-refractivity contribution >= 4 is 40.4 Å².